The Morgan fingerprint density at radius 1 is 1.53 bits per heavy atom. The van der Waals surface area contributed by atoms with Gasteiger partial charge in [0.1, 0.15) is 5.82 Å². The average molecular weight is 263 g/mol. The summed E-state index contributed by atoms with van der Waals surface area (Å²) in [7, 11) is 1.75. The number of nitrogens with zero attached hydrogens (tertiary/aromatic N) is 2. The lowest BCUT2D eigenvalue weighted by atomic mass is 9.77. The topological polar surface area (TPSA) is 79.5 Å². The van der Waals surface area contributed by atoms with E-state index in [0.717, 1.165) is 12.8 Å². The molecule has 1 aliphatic rings. The van der Waals surface area contributed by atoms with Crippen LogP contribution in [-0.2, 0) is 4.79 Å². The van der Waals surface area contributed by atoms with Crippen molar-refractivity contribution in [2.75, 3.05) is 18.6 Å². The van der Waals surface area contributed by atoms with E-state index in [1.807, 2.05) is 18.2 Å². The number of aromatic nitrogens is 1. The fourth-order valence-corrected chi connectivity index (χ4v) is 2.54. The molecule has 5 nitrogen and oxygen atoms in total. The minimum Gasteiger partial charge on any atom is -0.394 e. The van der Waals surface area contributed by atoms with Gasteiger partial charge >= 0.3 is 0 Å². The first kappa shape index (κ1) is 14.0. The first-order valence-corrected chi connectivity index (χ1v) is 6.64. The maximum absolute atomic E-state index is 12.4. The molecule has 0 aliphatic heterocycles. The molecule has 1 heterocycles. The van der Waals surface area contributed by atoms with Crippen LogP contribution in [-0.4, -0.2) is 35.2 Å². The number of hydrogen-bond acceptors (Lipinski definition) is 4. The largest absolute Gasteiger partial charge is 0.394 e. The summed E-state index contributed by atoms with van der Waals surface area (Å²) in [5.41, 5.74) is 5.52. The highest BCUT2D eigenvalue weighted by atomic mass is 16.3. The first-order chi connectivity index (χ1) is 9.06. The van der Waals surface area contributed by atoms with E-state index in [2.05, 4.69) is 4.98 Å². The third-order valence-electron chi connectivity index (χ3n) is 3.97. The van der Waals surface area contributed by atoms with E-state index in [0.29, 0.717) is 18.7 Å². The zero-order chi connectivity index (χ0) is 13.9. The molecule has 5 heteroatoms. The predicted molar refractivity (Wildman–Crippen MR) is 73.6 cm³/mol. The average Bonchev–Trinajstić information content (AvgIpc) is 2.47. The van der Waals surface area contributed by atoms with Gasteiger partial charge in [-0.1, -0.05) is 6.07 Å². The number of aliphatic hydroxyl groups is 1. The van der Waals surface area contributed by atoms with E-state index >= 15 is 0 Å². The number of hydrogen-bond donors (Lipinski definition) is 2. The third kappa shape index (κ3) is 3.11. The minimum atomic E-state index is -0.500. The van der Waals surface area contributed by atoms with Crippen LogP contribution in [0.25, 0.3) is 0 Å². The van der Waals surface area contributed by atoms with Crippen LogP contribution in [0.2, 0.25) is 0 Å². The summed E-state index contributed by atoms with van der Waals surface area (Å²) in [6.07, 6.45) is 4.52. The van der Waals surface area contributed by atoms with E-state index in [1.54, 1.807) is 18.1 Å². The standard InChI is InChI=1S/C14H21N3O2/c1-17(12-4-2-3-9-16-12)13(19)11-5-7-14(15,10-18)8-6-11/h2-4,9,11,18H,5-8,10,15H2,1H3. The Balaban J connectivity index is 1.98. The second-order valence-electron chi connectivity index (χ2n) is 5.38. The number of nitrogens with two attached hydrogens (primary N) is 1. The summed E-state index contributed by atoms with van der Waals surface area (Å²) < 4.78 is 0. The van der Waals surface area contributed by atoms with Crippen LogP contribution >= 0.6 is 0 Å². The van der Waals surface area contributed by atoms with Crippen molar-refractivity contribution in [3.8, 4) is 0 Å². The van der Waals surface area contributed by atoms with Crippen LogP contribution in [0.3, 0.4) is 0 Å². The molecular weight excluding hydrogens is 242 g/mol. The molecule has 19 heavy (non-hydrogen) atoms. The normalized spacial score (nSPS) is 27.0. The van der Waals surface area contributed by atoms with E-state index in [1.165, 1.54) is 0 Å². The molecule has 0 bridgehead atoms. The maximum atomic E-state index is 12.4. The number of amides is 1. The van der Waals surface area contributed by atoms with Gasteiger partial charge in [0, 0.05) is 24.7 Å². The van der Waals surface area contributed by atoms with Crippen molar-refractivity contribution in [2.24, 2.45) is 11.7 Å². The summed E-state index contributed by atoms with van der Waals surface area (Å²) in [6.45, 7) is -0.00993. The molecule has 1 saturated carbocycles. The van der Waals surface area contributed by atoms with Crippen LogP contribution in [0.5, 0.6) is 0 Å². The quantitative estimate of drug-likeness (QED) is 0.850. The van der Waals surface area contributed by atoms with Crippen molar-refractivity contribution in [1.82, 2.24) is 4.98 Å². The summed E-state index contributed by atoms with van der Waals surface area (Å²) in [4.78, 5) is 18.2. The van der Waals surface area contributed by atoms with Crippen LogP contribution in [0.1, 0.15) is 25.7 Å². The van der Waals surface area contributed by atoms with Gasteiger partial charge in [0.25, 0.3) is 0 Å². The van der Waals surface area contributed by atoms with Gasteiger partial charge in [-0.15, -0.1) is 0 Å². The molecule has 0 saturated heterocycles. The zero-order valence-electron chi connectivity index (χ0n) is 11.2. The maximum Gasteiger partial charge on any atom is 0.230 e. The van der Waals surface area contributed by atoms with Gasteiger partial charge in [-0.3, -0.25) is 9.69 Å². The van der Waals surface area contributed by atoms with Gasteiger partial charge in [-0.25, -0.2) is 4.98 Å². The lowest BCUT2D eigenvalue weighted by molar-refractivity contribution is -0.123. The third-order valence-corrected chi connectivity index (χ3v) is 3.97. The Kier molecular flexibility index (Phi) is 4.17. The number of rotatable bonds is 3. The van der Waals surface area contributed by atoms with Gasteiger partial charge < -0.3 is 10.8 Å². The number of pyridine rings is 1. The molecule has 0 spiro atoms. The van der Waals surface area contributed by atoms with Crippen molar-refractivity contribution in [3.05, 3.63) is 24.4 Å². The number of aliphatic hydroxyl groups excluding tert-OH is 1. The molecule has 1 amide bonds. The van der Waals surface area contributed by atoms with Crippen molar-refractivity contribution < 1.29 is 9.90 Å². The Morgan fingerprint density at radius 2 is 2.21 bits per heavy atom. The Bertz CT molecular complexity index is 428. The van der Waals surface area contributed by atoms with Gasteiger partial charge in [0.15, 0.2) is 0 Å². The van der Waals surface area contributed by atoms with Crippen LogP contribution < -0.4 is 10.6 Å². The summed E-state index contributed by atoms with van der Waals surface area (Å²) in [5.74, 6) is 0.730. The molecular formula is C14H21N3O2. The van der Waals surface area contributed by atoms with E-state index < -0.39 is 5.54 Å². The van der Waals surface area contributed by atoms with Crippen LogP contribution in [0.15, 0.2) is 24.4 Å². The second kappa shape index (κ2) is 5.67. The molecule has 1 fully saturated rings. The van der Waals surface area contributed by atoms with Crippen molar-refractivity contribution >= 4 is 11.7 Å². The SMILES string of the molecule is CN(C(=O)C1CCC(N)(CO)CC1)c1ccccn1. The zero-order valence-corrected chi connectivity index (χ0v) is 11.2. The molecule has 1 aromatic rings. The Labute approximate surface area is 113 Å². The highest BCUT2D eigenvalue weighted by molar-refractivity contribution is 5.93. The number of carbonyl (C=O) groups excluding carboxylic acids is 1. The van der Waals surface area contributed by atoms with Crippen LogP contribution in [0.4, 0.5) is 5.82 Å². The summed E-state index contributed by atoms with van der Waals surface area (Å²) >= 11 is 0. The van der Waals surface area contributed by atoms with Crippen molar-refractivity contribution in [3.63, 3.8) is 0 Å². The van der Waals surface area contributed by atoms with Gasteiger partial charge in [-0.2, -0.15) is 0 Å². The lowest BCUT2D eigenvalue weighted by Gasteiger charge is -2.36. The van der Waals surface area contributed by atoms with E-state index in [-0.39, 0.29) is 18.4 Å². The molecule has 0 radical (unpaired) electrons. The molecule has 104 valence electrons. The van der Waals surface area contributed by atoms with Crippen molar-refractivity contribution in [2.45, 2.75) is 31.2 Å². The summed E-state index contributed by atoms with van der Waals surface area (Å²) in [5, 5.41) is 9.23. The van der Waals surface area contributed by atoms with Gasteiger partial charge in [-0.05, 0) is 37.8 Å². The van der Waals surface area contributed by atoms with Gasteiger partial charge in [0.2, 0.25) is 5.91 Å². The van der Waals surface area contributed by atoms with E-state index in [4.69, 9.17) is 5.73 Å². The predicted octanol–water partition coefficient (Wildman–Crippen LogP) is 0.924. The molecule has 1 aliphatic carbocycles. The minimum absolute atomic E-state index is 0.00993. The monoisotopic (exact) mass is 263 g/mol. The fraction of sp³-hybridized carbons (Fsp3) is 0.571. The molecule has 0 aromatic carbocycles. The smallest absolute Gasteiger partial charge is 0.230 e. The summed E-state index contributed by atoms with van der Waals surface area (Å²) in [6, 6.07) is 5.51. The lowest BCUT2D eigenvalue weighted by Crippen LogP contribution is -2.48. The molecule has 3 N–H and O–H groups in total. The van der Waals surface area contributed by atoms with Crippen LogP contribution in [0, 0.1) is 5.92 Å². The molecule has 0 unspecified atom stereocenters. The molecule has 2 rings (SSSR count). The molecule has 1 aromatic heterocycles. The van der Waals surface area contributed by atoms with Crippen molar-refractivity contribution in [1.29, 1.82) is 0 Å². The highest BCUT2D eigenvalue weighted by Gasteiger charge is 2.35. The second-order valence-corrected chi connectivity index (χ2v) is 5.38. The Morgan fingerprint density at radius 3 is 2.74 bits per heavy atom. The number of carbonyl (C=O) groups is 1. The molecule has 0 atom stereocenters. The first-order valence-electron chi connectivity index (χ1n) is 6.64. The Hall–Kier alpha value is -1.46. The fourth-order valence-electron chi connectivity index (χ4n) is 2.54. The van der Waals surface area contributed by atoms with Gasteiger partial charge in [0.05, 0.1) is 6.61 Å². The number of anilines is 1. The van der Waals surface area contributed by atoms with E-state index in [9.17, 15) is 9.90 Å². The highest BCUT2D eigenvalue weighted by Crippen LogP contribution is 2.31.